The molecule has 2 N–H and O–H groups in total. The molecule has 2 fully saturated rings. The lowest BCUT2D eigenvalue weighted by atomic mass is 10.2. The Labute approximate surface area is 146 Å². The van der Waals surface area contributed by atoms with Crippen molar-refractivity contribution >= 4 is 11.8 Å². The zero-order valence-electron chi connectivity index (χ0n) is 14.4. The van der Waals surface area contributed by atoms with E-state index in [-0.39, 0.29) is 26.4 Å². The number of aliphatic hydroxyl groups is 2. The van der Waals surface area contributed by atoms with Crippen LogP contribution in [0.3, 0.4) is 0 Å². The second-order valence-corrected chi connectivity index (χ2v) is 6.05. The molecule has 0 radical (unpaired) electrons. The predicted octanol–water partition coefficient (Wildman–Crippen LogP) is -0.838. The minimum Gasteiger partial charge on any atom is -0.374 e. The first-order valence-corrected chi connectivity index (χ1v) is 7.86. The number of carbonyl (C=O) groups is 2. The average Bonchev–Trinajstić information content (AvgIpc) is 3.45. The average molecular weight is 356 g/mol. The molecule has 0 aromatic carbocycles. The highest BCUT2D eigenvalue weighted by atomic mass is 16.7. The molecule has 4 atom stereocenters. The molecule has 0 aromatic heterocycles. The summed E-state index contributed by atoms with van der Waals surface area (Å²) in [5.74, 6) is -0.971. The molecule has 4 unspecified atom stereocenters. The second kappa shape index (κ2) is 7.22. The minimum atomic E-state index is -1.08. The van der Waals surface area contributed by atoms with E-state index in [4.69, 9.17) is 14.2 Å². The zero-order chi connectivity index (χ0) is 18.8. The monoisotopic (exact) mass is 356 g/mol. The van der Waals surface area contributed by atoms with Crippen LogP contribution in [0.2, 0.25) is 0 Å². The van der Waals surface area contributed by atoms with Gasteiger partial charge in [0.25, 0.3) is 0 Å². The van der Waals surface area contributed by atoms with Gasteiger partial charge in [-0.2, -0.15) is 0 Å². The molecule has 2 rings (SSSR count). The summed E-state index contributed by atoms with van der Waals surface area (Å²) in [6.07, 6.45) is -0.00263. The molecule has 2 aliphatic rings. The first-order chi connectivity index (χ1) is 11.7. The lowest BCUT2D eigenvalue weighted by Gasteiger charge is -2.33. The topological polar surface area (TPSA) is 115 Å². The summed E-state index contributed by atoms with van der Waals surface area (Å²) in [5, 5.41) is 19.7. The van der Waals surface area contributed by atoms with Gasteiger partial charge in [0.15, 0.2) is 11.4 Å². The predicted molar refractivity (Wildman–Crippen MR) is 85.6 cm³/mol. The van der Waals surface area contributed by atoms with Crippen molar-refractivity contribution in [2.75, 3.05) is 26.4 Å². The van der Waals surface area contributed by atoms with Gasteiger partial charge in [-0.25, -0.2) is 0 Å². The van der Waals surface area contributed by atoms with E-state index < -0.39 is 35.7 Å². The van der Waals surface area contributed by atoms with E-state index in [1.54, 1.807) is 0 Å². The van der Waals surface area contributed by atoms with Crippen LogP contribution in [0.4, 0.5) is 0 Å². The number of amides is 2. The number of carbonyl (C=O) groups excluding carboxylic acids is 2. The van der Waals surface area contributed by atoms with Crippen LogP contribution in [0.5, 0.6) is 0 Å². The standard InChI is InChI=1S/C16H24N2O7/c1-5-13(21)17(11(3)19)15(9-24-15)7-23-8-16(10-25-16)18(12(4)20)14(22)6-2/h5-6,11-12,19-20H,1-2,7-10H2,3-4H3. The molecule has 0 aliphatic carbocycles. The molecule has 2 amide bonds. The summed E-state index contributed by atoms with van der Waals surface area (Å²) in [4.78, 5) is 26.1. The number of aliphatic hydroxyl groups excluding tert-OH is 2. The van der Waals surface area contributed by atoms with E-state index in [0.29, 0.717) is 0 Å². The van der Waals surface area contributed by atoms with E-state index in [0.717, 1.165) is 22.0 Å². The summed E-state index contributed by atoms with van der Waals surface area (Å²) >= 11 is 0. The minimum absolute atomic E-state index is 0.0292. The fourth-order valence-corrected chi connectivity index (χ4v) is 2.77. The maximum Gasteiger partial charge on any atom is 0.250 e. The number of hydrogen-bond acceptors (Lipinski definition) is 7. The normalized spacial score (nSPS) is 29.3. The highest BCUT2D eigenvalue weighted by Crippen LogP contribution is 2.37. The zero-order valence-corrected chi connectivity index (χ0v) is 14.4. The van der Waals surface area contributed by atoms with Crippen LogP contribution < -0.4 is 0 Å². The van der Waals surface area contributed by atoms with Crippen LogP contribution >= 0.6 is 0 Å². The van der Waals surface area contributed by atoms with E-state index in [1.165, 1.54) is 13.8 Å². The van der Waals surface area contributed by atoms with Crippen LogP contribution in [-0.4, -0.2) is 82.2 Å². The van der Waals surface area contributed by atoms with Gasteiger partial charge in [-0.05, 0) is 26.0 Å². The van der Waals surface area contributed by atoms with Crippen molar-refractivity contribution in [2.45, 2.75) is 37.8 Å². The van der Waals surface area contributed by atoms with Crippen molar-refractivity contribution in [3.05, 3.63) is 25.3 Å². The van der Waals surface area contributed by atoms with E-state index in [2.05, 4.69) is 13.2 Å². The third kappa shape index (κ3) is 3.91. The fraction of sp³-hybridized carbons (Fsp3) is 0.625. The van der Waals surface area contributed by atoms with Crippen molar-refractivity contribution in [1.82, 2.24) is 9.80 Å². The Balaban J connectivity index is 2.00. The fourth-order valence-electron chi connectivity index (χ4n) is 2.77. The largest absolute Gasteiger partial charge is 0.374 e. The highest BCUT2D eigenvalue weighted by Gasteiger charge is 2.57. The van der Waals surface area contributed by atoms with Gasteiger partial charge >= 0.3 is 0 Å². The first-order valence-electron chi connectivity index (χ1n) is 7.86. The molecule has 0 aromatic rings. The molecule has 9 heteroatoms. The molecule has 140 valence electrons. The maximum absolute atomic E-state index is 11.9. The molecule has 0 bridgehead atoms. The van der Waals surface area contributed by atoms with Gasteiger partial charge in [-0.3, -0.25) is 19.4 Å². The lowest BCUT2D eigenvalue weighted by molar-refractivity contribution is -0.158. The molecular weight excluding hydrogens is 332 g/mol. The number of epoxide rings is 2. The molecule has 2 saturated heterocycles. The van der Waals surface area contributed by atoms with Crippen molar-refractivity contribution in [2.24, 2.45) is 0 Å². The van der Waals surface area contributed by atoms with Gasteiger partial charge in [0, 0.05) is 0 Å². The quantitative estimate of drug-likeness (QED) is 0.298. The Morgan fingerprint density at radius 1 is 1.04 bits per heavy atom. The highest BCUT2D eigenvalue weighted by molar-refractivity contribution is 5.88. The molecular formula is C16H24N2O7. The Kier molecular flexibility index (Phi) is 5.65. The molecule has 25 heavy (non-hydrogen) atoms. The number of ether oxygens (including phenoxy) is 3. The summed E-state index contributed by atoms with van der Waals surface area (Å²) < 4.78 is 16.3. The van der Waals surface area contributed by atoms with Crippen LogP contribution in [0.15, 0.2) is 25.3 Å². The van der Waals surface area contributed by atoms with E-state index in [9.17, 15) is 19.8 Å². The Morgan fingerprint density at radius 3 is 1.56 bits per heavy atom. The van der Waals surface area contributed by atoms with Gasteiger partial charge in [0.2, 0.25) is 11.8 Å². The Bertz CT molecular complexity index is 505. The van der Waals surface area contributed by atoms with Crippen molar-refractivity contribution in [3.8, 4) is 0 Å². The van der Waals surface area contributed by atoms with Gasteiger partial charge < -0.3 is 24.4 Å². The van der Waals surface area contributed by atoms with Gasteiger partial charge in [-0.1, -0.05) is 13.2 Å². The summed E-state index contributed by atoms with van der Waals surface area (Å²) in [6.45, 7) is 10.0. The lowest BCUT2D eigenvalue weighted by Crippen LogP contribution is -2.53. The van der Waals surface area contributed by atoms with Crippen molar-refractivity contribution < 1.29 is 34.0 Å². The second-order valence-electron chi connectivity index (χ2n) is 6.05. The van der Waals surface area contributed by atoms with Gasteiger partial charge in [-0.15, -0.1) is 0 Å². The van der Waals surface area contributed by atoms with E-state index in [1.807, 2.05) is 0 Å². The van der Waals surface area contributed by atoms with Crippen LogP contribution in [0, 0.1) is 0 Å². The van der Waals surface area contributed by atoms with Gasteiger partial charge in [0.1, 0.15) is 25.7 Å². The SMILES string of the molecule is C=CC(=O)N(C(C)O)C1(COCC2(N(C(=O)C=C)C(C)O)CO2)CO1. The van der Waals surface area contributed by atoms with E-state index >= 15 is 0 Å². The maximum atomic E-state index is 11.9. The summed E-state index contributed by atoms with van der Waals surface area (Å²) in [7, 11) is 0. The number of rotatable bonds is 10. The molecule has 2 aliphatic heterocycles. The van der Waals surface area contributed by atoms with Crippen molar-refractivity contribution in [1.29, 1.82) is 0 Å². The molecule has 0 spiro atoms. The van der Waals surface area contributed by atoms with Crippen LogP contribution in [0.25, 0.3) is 0 Å². The van der Waals surface area contributed by atoms with Crippen LogP contribution in [0.1, 0.15) is 13.8 Å². The van der Waals surface area contributed by atoms with Crippen molar-refractivity contribution in [3.63, 3.8) is 0 Å². The molecule has 2 heterocycles. The Morgan fingerprint density at radius 2 is 1.36 bits per heavy atom. The third-order valence-corrected chi connectivity index (χ3v) is 4.06. The first kappa shape index (κ1) is 19.5. The smallest absolute Gasteiger partial charge is 0.250 e. The summed E-state index contributed by atoms with van der Waals surface area (Å²) in [5.41, 5.74) is -2.15. The Hall–Kier alpha value is -1.78. The molecule has 9 nitrogen and oxygen atoms in total. The number of nitrogens with zero attached hydrogens (tertiary/aromatic N) is 2. The summed E-state index contributed by atoms with van der Waals surface area (Å²) in [6, 6.07) is 0. The number of hydrogen-bond donors (Lipinski definition) is 2. The molecule has 0 saturated carbocycles. The van der Waals surface area contributed by atoms with Gasteiger partial charge in [0.05, 0.1) is 13.2 Å². The van der Waals surface area contributed by atoms with Crippen LogP contribution in [-0.2, 0) is 23.8 Å². The third-order valence-electron chi connectivity index (χ3n) is 4.06.